The molecule has 0 amide bonds. The van der Waals surface area contributed by atoms with E-state index < -0.39 is 48.7 Å². The van der Waals surface area contributed by atoms with Crippen LogP contribution in [0.3, 0.4) is 0 Å². The van der Waals surface area contributed by atoms with E-state index in [9.17, 15) is 5.11 Å². The van der Waals surface area contributed by atoms with E-state index in [2.05, 4.69) is 30.3 Å². The van der Waals surface area contributed by atoms with Gasteiger partial charge in [-0.25, -0.2) is 0 Å². The van der Waals surface area contributed by atoms with Gasteiger partial charge >= 0.3 is 0 Å². The van der Waals surface area contributed by atoms with Crippen molar-refractivity contribution in [3.63, 3.8) is 0 Å². The molecule has 0 saturated carbocycles. The van der Waals surface area contributed by atoms with Gasteiger partial charge in [0.2, 0.25) is 0 Å². The van der Waals surface area contributed by atoms with Gasteiger partial charge in [-0.15, -0.1) is 0 Å². The van der Waals surface area contributed by atoms with Crippen molar-refractivity contribution in [1.82, 2.24) is 0 Å². The lowest BCUT2D eigenvalue weighted by atomic mass is 10.1. The van der Waals surface area contributed by atoms with Gasteiger partial charge in [0.15, 0.2) is 12.1 Å². The zero-order valence-electron chi connectivity index (χ0n) is 30.9. The van der Waals surface area contributed by atoms with E-state index in [1.807, 2.05) is 117 Å². The Bertz CT molecular complexity index is 1860. The first-order chi connectivity index (χ1) is 26.4. The lowest BCUT2D eigenvalue weighted by Crippen LogP contribution is -2.50. The minimum atomic E-state index is -1.02. The Morgan fingerprint density at radius 2 is 1.19 bits per heavy atom. The summed E-state index contributed by atoms with van der Waals surface area (Å²) in [6.07, 6.45) is -4.92. The third-order valence-corrected chi connectivity index (χ3v) is 9.73. The van der Waals surface area contributed by atoms with Crippen LogP contribution in [0.1, 0.15) is 36.1 Å². The van der Waals surface area contributed by atoms with Gasteiger partial charge < -0.3 is 43.0 Å². The largest absolute Gasteiger partial charge is 0.385 e. The van der Waals surface area contributed by atoms with Gasteiger partial charge in [0.05, 0.1) is 46.2 Å². The second-order valence-corrected chi connectivity index (χ2v) is 14.3. The molecule has 0 aliphatic carbocycles. The highest BCUT2D eigenvalue weighted by Crippen LogP contribution is 2.34. The molecule has 2 saturated heterocycles. The zero-order chi connectivity index (χ0) is 37.2. The Morgan fingerprint density at radius 1 is 0.630 bits per heavy atom. The second-order valence-electron chi connectivity index (χ2n) is 14.3. The Labute approximate surface area is 317 Å². The Balaban J connectivity index is 1.14. The third-order valence-electron chi connectivity index (χ3n) is 9.73. The van der Waals surface area contributed by atoms with Gasteiger partial charge in [0.1, 0.15) is 36.6 Å². The van der Waals surface area contributed by atoms with Gasteiger partial charge in [0.25, 0.3) is 0 Å². The number of aliphatic hydroxyl groups is 1. The summed E-state index contributed by atoms with van der Waals surface area (Å²) in [5.41, 5.74) is 4.07. The van der Waals surface area contributed by atoms with Gasteiger partial charge in [-0.1, -0.05) is 127 Å². The Kier molecular flexibility index (Phi) is 13.2. The first-order valence-corrected chi connectivity index (χ1v) is 18.7. The smallest absolute Gasteiger partial charge is 0.186 e. The predicted octanol–water partition coefficient (Wildman–Crippen LogP) is 7.37. The van der Waals surface area contributed by atoms with Crippen molar-refractivity contribution in [1.29, 1.82) is 0 Å². The predicted molar refractivity (Wildman–Crippen MR) is 204 cm³/mol. The van der Waals surface area contributed by atoms with Crippen LogP contribution in [0.2, 0.25) is 0 Å². The molecular weight excluding hydrogens is 684 g/mol. The molecule has 2 fully saturated rings. The molecule has 9 nitrogen and oxygen atoms in total. The molecule has 7 atom stereocenters. The van der Waals surface area contributed by atoms with Crippen molar-refractivity contribution in [3.8, 4) is 0 Å². The molecule has 54 heavy (non-hydrogen) atoms. The van der Waals surface area contributed by atoms with Crippen LogP contribution in [0, 0.1) is 0 Å². The molecule has 2 heterocycles. The molecule has 284 valence electrons. The molecule has 1 N–H and O–H groups in total. The van der Waals surface area contributed by atoms with E-state index in [-0.39, 0.29) is 19.8 Å². The molecule has 7 rings (SSSR count). The summed E-state index contributed by atoms with van der Waals surface area (Å²) in [5, 5.41) is 13.6. The molecule has 0 bridgehead atoms. The molecule has 0 spiro atoms. The van der Waals surface area contributed by atoms with Gasteiger partial charge in [-0.3, -0.25) is 0 Å². The average Bonchev–Trinajstić information content (AvgIpc) is 3.51. The third kappa shape index (κ3) is 10.4. The lowest BCUT2D eigenvalue weighted by Gasteiger charge is -2.37. The Morgan fingerprint density at radius 3 is 1.81 bits per heavy atom. The zero-order valence-corrected chi connectivity index (χ0v) is 30.9. The number of hydrogen-bond donors (Lipinski definition) is 1. The molecule has 2 aliphatic rings. The summed E-state index contributed by atoms with van der Waals surface area (Å²) in [6.45, 7) is 5.52. The van der Waals surface area contributed by atoms with Crippen LogP contribution in [-0.4, -0.2) is 73.6 Å². The van der Waals surface area contributed by atoms with E-state index in [1.165, 1.54) is 5.39 Å². The molecule has 5 aromatic rings. The fourth-order valence-corrected chi connectivity index (χ4v) is 6.83. The van der Waals surface area contributed by atoms with Crippen molar-refractivity contribution >= 4 is 10.8 Å². The molecule has 0 aromatic heterocycles. The van der Waals surface area contributed by atoms with Crippen molar-refractivity contribution in [2.24, 2.45) is 0 Å². The van der Waals surface area contributed by atoms with E-state index >= 15 is 0 Å². The number of hydrogen-bond acceptors (Lipinski definition) is 9. The summed E-state index contributed by atoms with van der Waals surface area (Å²) in [4.78, 5) is 0. The highest BCUT2D eigenvalue weighted by Gasteiger charge is 2.51. The summed E-state index contributed by atoms with van der Waals surface area (Å²) in [6, 6.07) is 44.6. The highest BCUT2D eigenvalue weighted by molar-refractivity contribution is 5.82. The fraction of sp³-hybridized carbons (Fsp3) is 0.378. The minimum absolute atomic E-state index is 0.0353. The van der Waals surface area contributed by atoms with E-state index in [0.29, 0.717) is 26.4 Å². The maximum atomic E-state index is 11.3. The van der Waals surface area contributed by atoms with E-state index in [0.717, 1.165) is 27.6 Å². The number of fused-ring (bicyclic) bond motifs is 2. The van der Waals surface area contributed by atoms with Gasteiger partial charge in [-0.05, 0) is 52.9 Å². The van der Waals surface area contributed by atoms with Gasteiger partial charge in [-0.2, -0.15) is 0 Å². The fourth-order valence-electron chi connectivity index (χ4n) is 6.83. The van der Waals surface area contributed by atoms with Crippen molar-refractivity contribution in [2.45, 2.75) is 89.0 Å². The van der Waals surface area contributed by atoms with Crippen LogP contribution >= 0.6 is 0 Å². The topological polar surface area (TPSA) is 94.1 Å². The summed E-state index contributed by atoms with van der Waals surface area (Å²) in [5.74, 6) is -0.839. The SMILES string of the molecule is CC1(C)OC[C@H]2O[C@@H](OCC(OCc3ccccc3)C(OCc3ccccc3)C(COCc3ccc4ccccc4c3)OCc3ccccc3)[C@@H](O)C2O1. The molecule has 5 aromatic carbocycles. The van der Waals surface area contributed by atoms with Crippen LogP contribution in [0.15, 0.2) is 133 Å². The first-order valence-electron chi connectivity index (χ1n) is 18.7. The number of rotatable bonds is 18. The van der Waals surface area contributed by atoms with E-state index in [4.69, 9.17) is 37.9 Å². The van der Waals surface area contributed by atoms with Crippen LogP contribution in [0.25, 0.3) is 10.8 Å². The molecular formula is C45H50O9. The lowest BCUT2D eigenvalue weighted by molar-refractivity contribution is -0.300. The monoisotopic (exact) mass is 734 g/mol. The average molecular weight is 735 g/mol. The van der Waals surface area contributed by atoms with Gasteiger partial charge in [0, 0.05) is 0 Å². The number of benzene rings is 5. The van der Waals surface area contributed by atoms with Crippen LogP contribution < -0.4 is 0 Å². The number of aliphatic hydroxyl groups excluding tert-OH is 1. The summed E-state index contributed by atoms with van der Waals surface area (Å²) in [7, 11) is 0. The molecule has 0 radical (unpaired) electrons. The highest BCUT2D eigenvalue weighted by atomic mass is 16.8. The molecule has 2 aliphatic heterocycles. The molecule has 9 heteroatoms. The van der Waals surface area contributed by atoms with Crippen LogP contribution in [-0.2, 0) is 64.3 Å². The van der Waals surface area contributed by atoms with Crippen molar-refractivity contribution < 1.29 is 43.0 Å². The standard InChI is InChI=1S/C45H50O9/c1-45(2)52-31-40-43(54-45)41(46)44(53-40)51-30-39(49-27-33-16-8-4-9-17-33)42(50-28-34-18-10-5-11-19-34)38(48-26-32-14-6-3-7-15-32)29-47-25-35-22-23-36-20-12-13-21-37(36)24-35/h3-24,38-44,46H,25-31H2,1-2H3/t38?,39?,40-,41+,42?,43?,44-/m1/s1. The molecule has 4 unspecified atom stereocenters. The normalized spacial score (nSPS) is 22.4. The minimum Gasteiger partial charge on any atom is -0.385 e. The summed E-state index contributed by atoms with van der Waals surface area (Å²) < 4.78 is 51.0. The maximum Gasteiger partial charge on any atom is 0.186 e. The maximum absolute atomic E-state index is 11.3. The second kappa shape index (κ2) is 18.6. The number of ether oxygens (including phenoxy) is 8. The summed E-state index contributed by atoms with van der Waals surface area (Å²) >= 11 is 0. The Hall–Kier alpha value is -4.00. The van der Waals surface area contributed by atoms with Crippen LogP contribution in [0.5, 0.6) is 0 Å². The van der Waals surface area contributed by atoms with Crippen molar-refractivity contribution in [2.75, 3.05) is 19.8 Å². The quantitative estimate of drug-likeness (QED) is 0.0991. The van der Waals surface area contributed by atoms with E-state index in [1.54, 1.807) is 0 Å². The first kappa shape index (κ1) is 38.3. The van der Waals surface area contributed by atoms with Crippen molar-refractivity contribution in [3.05, 3.63) is 156 Å². The van der Waals surface area contributed by atoms with Crippen LogP contribution in [0.4, 0.5) is 0 Å².